The molecule has 2 atom stereocenters. The Labute approximate surface area is 181 Å². The second-order valence-corrected chi connectivity index (χ2v) is 11.8. The Morgan fingerprint density at radius 3 is 3.07 bits per heavy atom. The van der Waals surface area contributed by atoms with E-state index in [9.17, 15) is 9.18 Å². The topological polar surface area (TPSA) is 76.7 Å². The van der Waals surface area contributed by atoms with Gasteiger partial charge in [-0.15, -0.1) is 0 Å². The molecule has 3 heterocycles. The predicted molar refractivity (Wildman–Crippen MR) is 114 cm³/mol. The Bertz CT molecular complexity index is 964. The van der Waals surface area contributed by atoms with Gasteiger partial charge in [0.25, 0.3) is 0 Å². The van der Waals surface area contributed by atoms with E-state index >= 15 is 0 Å². The monoisotopic (exact) mass is 523 g/mol. The number of aliphatic imine (C=N–C) groups is 1. The van der Waals surface area contributed by atoms with Crippen molar-refractivity contribution in [3.05, 3.63) is 58.0 Å². The van der Waals surface area contributed by atoms with Crippen LogP contribution >= 0.6 is 23.1 Å². The van der Waals surface area contributed by atoms with Crippen LogP contribution in [0, 0.1) is 5.82 Å². The van der Waals surface area contributed by atoms with Crippen molar-refractivity contribution < 1.29 is 12.3 Å². The van der Waals surface area contributed by atoms with E-state index in [-0.39, 0.29) is 15.7 Å². The van der Waals surface area contributed by atoms with Crippen LogP contribution in [0.3, 0.4) is 0 Å². The zero-order chi connectivity index (χ0) is 19.7. The Morgan fingerprint density at radius 1 is 1.46 bits per heavy atom. The quantitative estimate of drug-likeness (QED) is 0.597. The van der Waals surface area contributed by atoms with E-state index in [1.807, 2.05) is 30.5 Å². The van der Waals surface area contributed by atoms with E-state index in [0.29, 0.717) is 22.8 Å². The third kappa shape index (κ3) is 4.08. The number of carbonyl (C=O) groups is 1. The van der Waals surface area contributed by atoms with Gasteiger partial charge in [0.2, 0.25) is 0 Å². The number of nitrogens with zero attached hydrogens (tertiary/aromatic N) is 1. The molecule has 0 fully saturated rings. The molecule has 2 aliphatic rings. The van der Waals surface area contributed by atoms with Crippen LogP contribution in [-0.4, -0.2) is 38.4 Å². The number of amidine groups is 1. The summed E-state index contributed by atoms with van der Waals surface area (Å²) in [5.41, 5.74) is 6.15. The molecule has 0 saturated heterocycles. The summed E-state index contributed by atoms with van der Waals surface area (Å²) < 4.78 is 20.1. The number of benzene rings is 1. The summed E-state index contributed by atoms with van der Waals surface area (Å²) in [7, 11) is 0. The number of halogens is 1. The number of carbonyl (C=O) groups excluding carboxylic acids is 1. The number of nitrogens with two attached hydrogens (primary N) is 1. The molecule has 4 rings (SSSR count). The Kier molecular flexibility index (Phi) is 5.71. The molecule has 2 unspecified atom stereocenters. The molecule has 3 N–H and O–H groups in total. The molecule has 0 bridgehead atoms. The number of thiophene rings is 1. The van der Waals surface area contributed by atoms with Gasteiger partial charge in [-0.1, -0.05) is 0 Å². The summed E-state index contributed by atoms with van der Waals surface area (Å²) in [4.78, 5) is 18.2. The summed E-state index contributed by atoms with van der Waals surface area (Å²) in [5.74, 6) is 1.14. The third-order valence-corrected chi connectivity index (χ3v) is 9.26. The van der Waals surface area contributed by atoms with Crippen molar-refractivity contribution in [1.29, 1.82) is 0 Å². The van der Waals surface area contributed by atoms with Crippen LogP contribution in [0.2, 0.25) is 3.93 Å². The van der Waals surface area contributed by atoms with Crippen LogP contribution in [0.15, 0.2) is 46.8 Å². The fourth-order valence-electron chi connectivity index (χ4n) is 3.14. The molecule has 0 aliphatic carbocycles. The molecule has 2 aromatic rings. The normalized spacial score (nSPS) is 24.3. The van der Waals surface area contributed by atoms with Gasteiger partial charge in [0.15, 0.2) is 0 Å². The van der Waals surface area contributed by atoms with Crippen molar-refractivity contribution in [2.24, 2.45) is 10.7 Å². The number of nitrogens with one attached hydrogen (secondary N) is 1. The van der Waals surface area contributed by atoms with Gasteiger partial charge >= 0.3 is 182 Å². The third-order valence-electron chi connectivity index (χ3n) is 4.67. The number of hydrogen-bond donors (Lipinski definition) is 2. The fourth-order valence-corrected chi connectivity index (χ4v) is 7.39. The molecular weight excluding hydrogens is 504 g/mol. The molecule has 144 valence electrons. The van der Waals surface area contributed by atoms with E-state index < -0.39 is 27.1 Å². The van der Waals surface area contributed by atoms with Gasteiger partial charge in [0, 0.05) is 0 Å². The Balaban J connectivity index is 1.53. The fraction of sp³-hybridized carbons (Fsp3) is 0.263. The number of rotatable bonds is 4. The zero-order valence-corrected chi connectivity index (χ0v) is 19.6. The summed E-state index contributed by atoms with van der Waals surface area (Å²) >= 11 is 1.72. The molecule has 1 aromatic heterocycles. The average Bonchev–Trinajstić information content (AvgIpc) is 3.34. The molecule has 2 radical (unpaired) electrons. The summed E-state index contributed by atoms with van der Waals surface area (Å²) in [6.07, 6.45) is 2.59. The minimum atomic E-state index is -1.34. The standard InChI is InChI=1S/C19H19FN3O2S2.Sn/c1-19(8-10-27-18(21)23-19)13-11-12(4-5-14(13)20)22-17(25)7-6-15(24)16-3-2-9-26-16;/h2-7,9,11,24H,8,10H2,1H3,(H2,21,23)(H,22,25);/q;+1/p-1. The van der Waals surface area contributed by atoms with Crippen molar-refractivity contribution in [1.82, 2.24) is 0 Å². The van der Waals surface area contributed by atoms with Crippen LogP contribution in [-0.2, 0) is 13.4 Å². The van der Waals surface area contributed by atoms with Gasteiger partial charge in [0.1, 0.15) is 0 Å². The summed E-state index contributed by atoms with van der Waals surface area (Å²) in [6, 6.07) is 8.57. The van der Waals surface area contributed by atoms with Crippen molar-refractivity contribution in [2.75, 3.05) is 11.1 Å². The van der Waals surface area contributed by atoms with E-state index in [0.717, 1.165) is 16.4 Å². The molecule has 1 aromatic carbocycles. The molecule has 0 saturated carbocycles. The van der Waals surface area contributed by atoms with Crippen LogP contribution in [0.25, 0.3) is 5.76 Å². The summed E-state index contributed by atoms with van der Waals surface area (Å²) in [6.45, 7) is 1.87. The van der Waals surface area contributed by atoms with Crippen LogP contribution in [0.5, 0.6) is 0 Å². The van der Waals surface area contributed by atoms with Crippen molar-refractivity contribution >= 4 is 67.2 Å². The van der Waals surface area contributed by atoms with Gasteiger partial charge in [-0.05, 0) is 0 Å². The molecule has 9 heteroatoms. The first-order chi connectivity index (χ1) is 13.4. The number of anilines is 1. The second-order valence-electron chi connectivity index (χ2n) is 6.71. The maximum atomic E-state index is 14.5. The minimum absolute atomic E-state index is 0.108. The van der Waals surface area contributed by atoms with Crippen molar-refractivity contribution in [3.63, 3.8) is 0 Å². The number of amides is 1. The maximum absolute atomic E-state index is 14.5. The van der Waals surface area contributed by atoms with Crippen LogP contribution < -0.4 is 11.1 Å². The van der Waals surface area contributed by atoms with E-state index in [2.05, 4.69) is 10.3 Å². The molecule has 1 amide bonds. The molecule has 5 nitrogen and oxygen atoms in total. The van der Waals surface area contributed by atoms with Gasteiger partial charge in [-0.3, -0.25) is 0 Å². The SMILES string of the molecule is CC1(c2cc(NC(=O)[CH]3C=C(c4cccs4)[O][Sn]3)ccc2F)CCSC(N)=N1. The zero-order valence-electron chi connectivity index (χ0n) is 15.1. The van der Waals surface area contributed by atoms with Crippen molar-refractivity contribution in [2.45, 2.75) is 22.8 Å². The predicted octanol–water partition coefficient (Wildman–Crippen LogP) is 3.97. The number of hydrogen-bond acceptors (Lipinski definition) is 6. The van der Waals surface area contributed by atoms with E-state index in [1.54, 1.807) is 23.5 Å². The molecular formula is C19H18FN3O2S2Sn. The number of thioether (sulfide) groups is 1. The van der Waals surface area contributed by atoms with Crippen LogP contribution in [0.1, 0.15) is 23.8 Å². The Morgan fingerprint density at radius 2 is 2.32 bits per heavy atom. The van der Waals surface area contributed by atoms with Gasteiger partial charge in [-0.25, -0.2) is 0 Å². The van der Waals surface area contributed by atoms with E-state index in [1.165, 1.54) is 17.8 Å². The van der Waals surface area contributed by atoms with Gasteiger partial charge in [0.05, 0.1) is 0 Å². The molecule has 2 aliphatic heterocycles. The first-order valence-corrected chi connectivity index (χ1v) is 13.4. The molecule has 0 spiro atoms. The first-order valence-electron chi connectivity index (χ1n) is 8.72. The summed E-state index contributed by atoms with van der Waals surface area (Å²) in [5, 5.41) is 5.36. The van der Waals surface area contributed by atoms with Crippen molar-refractivity contribution in [3.8, 4) is 0 Å². The molecule has 28 heavy (non-hydrogen) atoms. The first kappa shape index (κ1) is 19.8. The van der Waals surface area contributed by atoms with E-state index in [4.69, 9.17) is 8.81 Å². The van der Waals surface area contributed by atoms with Crippen LogP contribution in [0.4, 0.5) is 10.1 Å². The van der Waals surface area contributed by atoms with Gasteiger partial charge < -0.3 is 0 Å². The second kappa shape index (κ2) is 8.08. The Hall–Kier alpha value is -1.52. The van der Waals surface area contributed by atoms with Gasteiger partial charge in [-0.2, -0.15) is 0 Å². The average molecular weight is 522 g/mol.